The average molecular weight is 398 g/mol. The summed E-state index contributed by atoms with van der Waals surface area (Å²) in [4.78, 5) is 15.7. The van der Waals surface area contributed by atoms with Crippen LogP contribution in [0.15, 0.2) is 18.2 Å². The van der Waals surface area contributed by atoms with E-state index < -0.39 is 17.8 Å². The molecular weight excluding hydrogens is 372 g/mol. The van der Waals surface area contributed by atoms with Gasteiger partial charge < -0.3 is 23.9 Å². The molecule has 1 N–H and O–H groups in total. The second-order valence-electron chi connectivity index (χ2n) is 8.88. The lowest BCUT2D eigenvalue weighted by atomic mass is 9.62. The second-order valence-corrected chi connectivity index (χ2v) is 8.88. The number of methoxy groups -OCH3 is 2. The number of piperidine rings is 1. The molecule has 2 aromatic rings. The number of benzene rings is 1. The van der Waals surface area contributed by atoms with E-state index in [0.29, 0.717) is 13.0 Å². The van der Waals surface area contributed by atoms with Gasteiger partial charge in [0, 0.05) is 42.1 Å². The minimum absolute atomic E-state index is 0.128. The van der Waals surface area contributed by atoms with E-state index in [9.17, 15) is 9.90 Å². The smallest absolute Gasteiger partial charge is 0.360 e. The molecule has 5 atom stereocenters. The molecule has 29 heavy (non-hydrogen) atoms. The first-order chi connectivity index (χ1) is 14.0. The number of aromatic nitrogens is 1. The van der Waals surface area contributed by atoms with Gasteiger partial charge in [0.05, 0.1) is 38.0 Å². The molecule has 0 amide bonds. The molecule has 4 aliphatic heterocycles. The van der Waals surface area contributed by atoms with Gasteiger partial charge in [-0.1, -0.05) is 6.92 Å². The first-order valence-electron chi connectivity index (χ1n) is 10.4. The topological polar surface area (TPSA) is 73.2 Å². The lowest BCUT2D eigenvalue weighted by Gasteiger charge is -2.55. The van der Waals surface area contributed by atoms with Crippen LogP contribution in [0.2, 0.25) is 0 Å². The van der Waals surface area contributed by atoms with Crippen molar-refractivity contribution in [2.45, 2.75) is 50.2 Å². The van der Waals surface area contributed by atoms with Crippen LogP contribution in [-0.2, 0) is 26.4 Å². The van der Waals surface area contributed by atoms with Crippen molar-refractivity contribution in [2.24, 2.45) is 5.41 Å². The molecule has 1 aromatic heterocycles. The molecule has 154 valence electrons. The van der Waals surface area contributed by atoms with Crippen molar-refractivity contribution in [3.8, 4) is 5.75 Å². The Balaban J connectivity index is 1.75. The molecule has 2 fully saturated rings. The zero-order valence-electron chi connectivity index (χ0n) is 17.0. The van der Waals surface area contributed by atoms with E-state index in [4.69, 9.17) is 14.2 Å². The summed E-state index contributed by atoms with van der Waals surface area (Å²) in [6.45, 7) is 3.62. The number of ether oxygens (including phenoxy) is 3. The average Bonchev–Trinajstić information content (AvgIpc) is 3.25. The van der Waals surface area contributed by atoms with Crippen LogP contribution in [-0.4, -0.2) is 60.1 Å². The van der Waals surface area contributed by atoms with Crippen molar-refractivity contribution < 1.29 is 24.1 Å². The number of hydrogen-bond donors (Lipinski definition) is 1. The molecule has 6 rings (SSSR count). The van der Waals surface area contributed by atoms with Crippen molar-refractivity contribution in [3.63, 3.8) is 0 Å². The molecule has 7 heteroatoms. The van der Waals surface area contributed by atoms with Gasteiger partial charge in [0.2, 0.25) is 5.72 Å². The largest absolute Gasteiger partial charge is 0.497 e. The predicted octanol–water partition coefficient (Wildman–Crippen LogP) is 1.95. The zero-order chi connectivity index (χ0) is 20.1. The van der Waals surface area contributed by atoms with E-state index in [0.717, 1.165) is 41.7 Å². The van der Waals surface area contributed by atoms with E-state index in [1.54, 1.807) is 7.11 Å². The van der Waals surface area contributed by atoms with Crippen LogP contribution in [0, 0.1) is 5.41 Å². The van der Waals surface area contributed by atoms with Gasteiger partial charge in [-0.3, -0.25) is 4.90 Å². The molecule has 2 bridgehead atoms. The van der Waals surface area contributed by atoms with Crippen molar-refractivity contribution in [3.05, 3.63) is 29.5 Å². The molecule has 0 spiro atoms. The molecule has 2 saturated heterocycles. The lowest BCUT2D eigenvalue weighted by Crippen LogP contribution is -2.61. The van der Waals surface area contributed by atoms with E-state index >= 15 is 0 Å². The van der Waals surface area contributed by atoms with Gasteiger partial charge in [0.25, 0.3) is 0 Å². The van der Waals surface area contributed by atoms with Crippen molar-refractivity contribution in [1.29, 1.82) is 0 Å². The van der Waals surface area contributed by atoms with Crippen LogP contribution in [0.4, 0.5) is 0 Å². The summed E-state index contributed by atoms with van der Waals surface area (Å²) in [6, 6.07) is 6.19. The van der Waals surface area contributed by atoms with Gasteiger partial charge in [-0.05, 0) is 30.5 Å². The maximum atomic E-state index is 13.3. The quantitative estimate of drug-likeness (QED) is 0.797. The van der Waals surface area contributed by atoms with Crippen LogP contribution >= 0.6 is 0 Å². The number of esters is 1. The fourth-order valence-corrected chi connectivity index (χ4v) is 6.80. The third kappa shape index (κ3) is 1.83. The van der Waals surface area contributed by atoms with E-state index in [2.05, 4.69) is 22.5 Å². The standard InChI is InChI=1S/C22H26N2O5/c1-4-21-11-22(20(26)28-3)24-15-9-12(27-2)5-6-13(15)14-7-8-23(18(21)17(14)24)10-16(25)19(21)29-22/h5-6,9,16,18-19,25H,4,7-8,10-11H2,1-3H3/t16-,18-,19-,21-,22+/m0/s1. The summed E-state index contributed by atoms with van der Waals surface area (Å²) in [5.74, 6) is 0.346. The molecule has 0 saturated carbocycles. The highest BCUT2D eigenvalue weighted by atomic mass is 16.6. The molecule has 0 aliphatic carbocycles. The summed E-state index contributed by atoms with van der Waals surface area (Å²) in [5, 5.41) is 12.1. The number of aliphatic hydroxyl groups is 1. The normalized spacial score (nSPS) is 37.0. The number of fused-ring (bicyclic) bond motifs is 5. The van der Waals surface area contributed by atoms with Gasteiger partial charge in [0.15, 0.2) is 0 Å². The van der Waals surface area contributed by atoms with Crippen molar-refractivity contribution >= 4 is 16.9 Å². The molecule has 0 unspecified atom stereocenters. The Hall–Kier alpha value is -2.09. The van der Waals surface area contributed by atoms with Gasteiger partial charge in [0.1, 0.15) is 5.75 Å². The fourth-order valence-electron chi connectivity index (χ4n) is 6.80. The number of nitrogens with zero attached hydrogens (tertiary/aromatic N) is 2. The highest BCUT2D eigenvalue weighted by Gasteiger charge is 2.72. The number of aliphatic hydroxyl groups excluding tert-OH is 1. The highest BCUT2D eigenvalue weighted by Crippen LogP contribution is 2.67. The van der Waals surface area contributed by atoms with Crippen LogP contribution in [0.3, 0.4) is 0 Å². The minimum atomic E-state index is -1.25. The number of carbonyl (C=O) groups is 1. The van der Waals surface area contributed by atoms with Gasteiger partial charge >= 0.3 is 5.97 Å². The molecule has 5 heterocycles. The maximum absolute atomic E-state index is 13.3. The summed E-state index contributed by atoms with van der Waals surface area (Å²) in [7, 11) is 3.06. The van der Waals surface area contributed by atoms with E-state index in [1.165, 1.54) is 12.7 Å². The third-order valence-corrected chi connectivity index (χ3v) is 7.89. The fraction of sp³-hybridized carbons (Fsp3) is 0.591. The molecule has 1 aromatic carbocycles. The van der Waals surface area contributed by atoms with Gasteiger partial charge in [-0.25, -0.2) is 4.79 Å². The van der Waals surface area contributed by atoms with Crippen molar-refractivity contribution in [2.75, 3.05) is 27.3 Å². The first-order valence-corrected chi connectivity index (χ1v) is 10.4. The zero-order valence-corrected chi connectivity index (χ0v) is 17.0. The number of carbonyl (C=O) groups excluding carboxylic acids is 1. The SMILES string of the molecule is CC[C@@]12C[C@]3(C(=O)OC)O[C@H]1[C@@H](O)CN1CCc4c(n3c3cc(OC)ccc43)[C@H]12. The van der Waals surface area contributed by atoms with Gasteiger partial charge in [-0.2, -0.15) is 0 Å². The van der Waals surface area contributed by atoms with Crippen LogP contribution in [0.25, 0.3) is 10.9 Å². The predicted molar refractivity (Wildman–Crippen MR) is 105 cm³/mol. The van der Waals surface area contributed by atoms with Gasteiger partial charge in [-0.15, -0.1) is 0 Å². The molecule has 7 nitrogen and oxygen atoms in total. The summed E-state index contributed by atoms with van der Waals surface area (Å²) >= 11 is 0. The monoisotopic (exact) mass is 398 g/mol. The highest BCUT2D eigenvalue weighted by molar-refractivity contribution is 5.91. The lowest BCUT2D eigenvalue weighted by molar-refractivity contribution is -0.191. The van der Waals surface area contributed by atoms with Crippen LogP contribution in [0.5, 0.6) is 5.75 Å². The Labute approximate surface area is 169 Å². The summed E-state index contributed by atoms with van der Waals surface area (Å²) < 4.78 is 19.4. The number of rotatable bonds is 3. The number of hydrogen-bond acceptors (Lipinski definition) is 6. The Morgan fingerprint density at radius 3 is 2.93 bits per heavy atom. The van der Waals surface area contributed by atoms with Crippen molar-refractivity contribution in [1.82, 2.24) is 9.47 Å². The Bertz CT molecular complexity index is 1050. The van der Waals surface area contributed by atoms with E-state index in [1.807, 2.05) is 12.1 Å². The summed E-state index contributed by atoms with van der Waals surface area (Å²) in [5.41, 5.74) is 1.82. The maximum Gasteiger partial charge on any atom is 0.360 e. The Morgan fingerprint density at radius 2 is 2.21 bits per heavy atom. The van der Waals surface area contributed by atoms with E-state index in [-0.39, 0.29) is 17.6 Å². The molecule has 4 aliphatic rings. The Kier molecular flexibility index (Phi) is 3.38. The Morgan fingerprint density at radius 1 is 1.38 bits per heavy atom. The minimum Gasteiger partial charge on any atom is -0.497 e. The summed E-state index contributed by atoms with van der Waals surface area (Å²) in [6.07, 6.45) is 1.22. The molecular formula is C22H26N2O5. The third-order valence-electron chi connectivity index (χ3n) is 7.89. The second kappa shape index (κ2) is 5.53. The first kappa shape index (κ1) is 17.7. The van der Waals surface area contributed by atoms with Crippen LogP contribution < -0.4 is 4.74 Å². The van der Waals surface area contributed by atoms with Crippen LogP contribution in [0.1, 0.15) is 37.1 Å². The molecule has 0 radical (unpaired) electrons.